The van der Waals surface area contributed by atoms with Crippen molar-refractivity contribution in [2.45, 2.75) is 19.6 Å². The molecule has 0 amide bonds. The van der Waals surface area contributed by atoms with Crippen molar-refractivity contribution in [1.29, 1.82) is 0 Å². The number of fused-ring (bicyclic) bond motifs is 1. The van der Waals surface area contributed by atoms with Crippen LogP contribution in [0.3, 0.4) is 0 Å². The van der Waals surface area contributed by atoms with E-state index in [4.69, 9.17) is 0 Å². The molecule has 1 aromatic heterocycles. The second kappa shape index (κ2) is 11.4. The Balaban J connectivity index is 0.00000300. The van der Waals surface area contributed by atoms with Gasteiger partial charge in [-0.25, -0.2) is 4.99 Å². The summed E-state index contributed by atoms with van der Waals surface area (Å²) in [7, 11) is 4.06. The lowest BCUT2D eigenvalue weighted by Gasteiger charge is -2.15. The van der Waals surface area contributed by atoms with Crippen LogP contribution in [0.25, 0.3) is 10.1 Å². The van der Waals surface area contributed by atoms with Gasteiger partial charge in [0.2, 0.25) is 0 Å². The molecule has 1 atom stereocenters. The van der Waals surface area contributed by atoms with Crippen LogP contribution in [0.5, 0.6) is 0 Å². The molecule has 29 heavy (non-hydrogen) atoms. The van der Waals surface area contributed by atoms with Crippen LogP contribution in [0.2, 0.25) is 0 Å². The number of nitrogens with one attached hydrogen (secondary N) is 2. The molecule has 0 radical (unpaired) electrons. The molecule has 0 aliphatic heterocycles. The first kappa shape index (κ1) is 23.4. The topological polar surface area (TPSA) is 59.9 Å². The van der Waals surface area contributed by atoms with Crippen LogP contribution in [0.15, 0.2) is 59.6 Å². The highest BCUT2D eigenvalue weighted by Crippen LogP contribution is 2.29. The zero-order chi connectivity index (χ0) is 19.9. The Bertz CT molecular complexity index is 908. The summed E-state index contributed by atoms with van der Waals surface area (Å²) in [4.78, 5) is 7.70. The van der Waals surface area contributed by atoms with Gasteiger partial charge in [-0.15, -0.1) is 35.3 Å². The number of benzene rings is 2. The molecule has 3 N–H and O–H groups in total. The number of aliphatic hydroxyl groups is 1. The Kier molecular flexibility index (Phi) is 9.19. The maximum absolute atomic E-state index is 10.6. The third-order valence-corrected chi connectivity index (χ3v) is 5.64. The normalized spacial score (nSPS) is 12.3. The van der Waals surface area contributed by atoms with E-state index < -0.39 is 6.10 Å². The van der Waals surface area contributed by atoms with Crippen LogP contribution in [0.4, 0.5) is 5.69 Å². The summed E-state index contributed by atoms with van der Waals surface area (Å²) in [5.74, 6) is 0.706. The van der Waals surface area contributed by atoms with E-state index in [1.165, 1.54) is 10.1 Å². The third kappa shape index (κ3) is 6.58. The average Bonchev–Trinajstić information content (AvgIpc) is 3.14. The highest BCUT2D eigenvalue weighted by atomic mass is 127. The van der Waals surface area contributed by atoms with Crippen molar-refractivity contribution in [2.24, 2.45) is 4.99 Å². The standard InChI is InChI=1S/C22H28N4OS.HI/c1-4-23-22(24-14-16-8-7-10-18(12-16)26(2)3)25-15-19(27)21-13-17-9-5-6-11-20(17)28-21;/h5-13,19,27H,4,14-15H2,1-3H3,(H2,23,24,25);1H. The van der Waals surface area contributed by atoms with Crippen molar-refractivity contribution >= 4 is 57.0 Å². The fraction of sp³-hybridized carbons (Fsp3) is 0.318. The molecule has 0 spiro atoms. The Morgan fingerprint density at radius 2 is 1.90 bits per heavy atom. The molecule has 7 heteroatoms. The number of hydrogen-bond acceptors (Lipinski definition) is 4. The largest absolute Gasteiger partial charge is 0.386 e. The van der Waals surface area contributed by atoms with Gasteiger partial charge in [0.1, 0.15) is 6.10 Å². The Morgan fingerprint density at radius 3 is 2.62 bits per heavy atom. The molecule has 3 rings (SSSR count). The van der Waals surface area contributed by atoms with Crippen molar-refractivity contribution in [3.8, 4) is 0 Å². The van der Waals surface area contributed by atoms with Crippen LogP contribution in [-0.4, -0.2) is 38.3 Å². The number of nitrogens with zero attached hydrogens (tertiary/aromatic N) is 2. The first-order valence-corrected chi connectivity index (χ1v) is 10.3. The summed E-state index contributed by atoms with van der Waals surface area (Å²) in [5.41, 5.74) is 2.30. The maximum atomic E-state index is 10.6. The quantitative estimate of drug-likeness (QED) is 0.244. The molecule has 156 valence electrons. The number of thiophene rings is 1. The van der Waals surface area contributed by atoms with Gasteiger partial charge in [-0.3, -0.25) is 0 Å². The SMILES string of the molecule is CCNC(=NCc1cccc(N(C)C)c1)NCC(O)c1cc2ccccc2s1.I. The Hall–Kier alpha value is -1.84. The molecule has 0 saturated heterocycles. The van der Waals surface area contributed by atoms with Crippen LogP contribution < -0.4 is 15.5 Å². The van der Waals surface area contributed by atoms with E-state index in [9.17, 15) is 5.11 Å². The van der Waals surface area contributed by atoms with E-state index in [2.05, 4.69) is 56.9 Å². The van der Waals surface area contributed by atoms with Gasteiger partial charge in [-0.2, -0.15) is 0 Å². The number of hydrogen-bond donors (Lipinski definition) is 3. The number of aliphatic imine (C=N–C) groups is 1. The molecule has 2 aromatic carbocycles. The molecule has 1 heterocycles. The van der Waals surface area contributed by atoms with Gasteiger partial charge in [0.15, 0.2) is 5.96 Å². The fourth-order valence-electron chi connectivity index (χ4n) is 2.91. The monoisotopic (exact) mass is 524 g/mol. The van der Waals surface area contributed by atoms with Crippen LogP contribution in [0, 0.1) is 0 Å². The van der Waals surface area contributed by atoms with Crippen LogP contribution in [-0.2, 0) is 6.54 Å². The summed E-state index contributed by atoms with van der Waals surface area (Å²) >= 11 is 1.63. The van der Waals surface area contributed by atoms with Gasteiger partial charge in [0.05, 0.1) is 6.54 Å². The summed E-state index contributed by atoms with van der Waals surface area (Å²) in [6, 6.07) is 18.6. The number of anilines is 1. The molecule has 0 aliphatic carbocycles. The van der Waals surface area contributed by atoms with E-state index in [1.807, 2.05) is 39.2 Å². The lowest BCUT2D eigenvalue weighted by atomic mass is 10.2. The summed E-state index contributed by atoms with van der Waals surface area (Å²) in [5, 5.41) is 18.3. The minimum Gasteiger partial charge on any atom is -0.386 e. The van der Waals surface area contributed by atoms with E-state index in [0.29, 0.717) is 19.0 Å². The Labute approximate surface area is 193 Å². The van der Waals surface area contributed by atoms with Crippen LogP contribution >= 0.6 is 35.3 Å². The smallest absolute Gasteiger partial charge is 0.191 e. The van der Waals surface area contributed by atoms with Crippen molar-refractivity contribution < 1.29 is 5.11 Å². The molecule has 0 bridgehead atoms. The highest BCUT2D eigenvalue weighted by Gasteiger charge is 2.12. The fourth-order valence-corrected chi connectivity index (χ4v) is 3.96. The first-order chi connectivity index (χ1) is 13.6. The number of rotatable bonds is 7. The predicted octanol–water partition coefficient (Wildman–Crippen LogP) is 4.37. The summed E-state index contributed by atoms with van der Waals surface area (Å²) in [6.45, 7) is 3.79. The molecule has 0 aliphatic rings. The lowest BCUT2D eigenvalue weighted by Crippen LogP contribution is -2.39. The first-order valence-electron chi connectivity index (χ1n) is 9.52. The molecular formula is C22H29IN4OS. The van der Waals surface area contributed by atoms with Gasteiger partial charge >= 0.3 is 0 Å². The highest BCUT2D eigenvalue weighted by molar-refractivity contribution is 14.0. The molecule has 5 nitrogen and oxygen atoms in total. The van der Waals surface area contributed by atoms with Gasteiger partial charge in [0, 0.05) is 42.4 Å². The second-order valence-corrected chi connectivity index (χ2v) is 7.96. The number of halogens is 1. The summed E-state index contributed by atoms with van der Waals surface area (Å²) < 4.78 is 1.19. The molecule has 0 saturated carbocycles. The predicted molar refractivity (Wildman–Crippen MR) is 136 cm³/mol. The minimum atomic E-state index is -0.571. The maximum Gasteiger partial charge on any atom is 0.191 e. The van der Waals surface area contributed by atoms with Crippen molar-refractivity contribution in [1.82, 2.24) is 10.6 Å². The zero-order valence-corrected chi connectivity index (χ0v) is 20.2. The molecule has 1 unspecified atom stereocenters. The third-order valence-electron chi connectivity index (χ3n) is 4.43. The molecule has 3 aromatic rings. The van der Waals surface area contributed by atoms with Gasteiger partial charge < -0.3 is 20.6 Å². The number of aliphatic hydroxyl groups excluding tert-OH is 1. The second-order valence-electron chi connectivity index (χ2n) is 6.84. The number of guanidine groups is 1. The minimum absolute atomic E-state index is 0. The molecular weight excluding hydrogens is 495 g/mol. The van der Waals surface area contributed by atoms with E-state index >= 15 is 0 Å². The van der Waals surface area contributed by atoms with Crippen molar-refractivity contribution in [3.05, 3.63) is 65.0 Å². The van der Waals surface area contributed by atoms with E-state index in [1.54, 1.807) is 11.3 Å². The zero-order valence-electron chi connectivity index (χ0n) is 17.1. The molecule has 0 fully saturated rings. The van der Waals surface area contributed by atoms with Crippen LogP contribution in [0.1, 0.15) is 23.5 Å². The van der Waals surface area contributed by atoms with Gasteiger partial charge in [-0.1, -0.05) is 30.3 Å². The summed E-state index contributed by atoms with van der Waals surface area (Å²) in [6.07, 6.45) is -0.571. The lowest BCUT2D eigenvalue weighted by molar-refractivity contribution is 0.184. The average molecular weight is 524 g/mol. The van der Waals surface area contributed by atoms with Gasteiger partial charge in [-0.05, 0) is 42.1 Å². The van der Waals surface area contributed by atoms with Gasteiger partial charge in [0.25, 0.3) is 0 Å². The van der Waals surface area contributed by atoms with E-state index in [-0.39, 0.29) is 24.0 Å². The van der Waals surface area contributed by atoms with E-state index in [0.717, 1.165) is 22.7 Å². The van der Waals surface area contributed by atoms with Crippen molar-refractivity contribution in [2.75, 3.05) is 32.1 Å². The van der Waals surface area contributed by atoms with Crippen molar-refractivity contribution in [3.63, 3.8) is 0 Å². The Morgan fingerprint density at radius 1 is 1.10 bits per heavy atom.